The van der Waals surface area contributed by atoms with Gasteiger partial charge < -0.3 is 18.9 Å². The first kappa shape index (κ1) is 16.4. The highest BCUT2D eigenvalue weighted by Crippen LogP contribution is 2.27. The quantitative estimate of drug-likeness (QED) is 0.849. The largest absolute Gasteiger partial charge is 0.490 e. The van der Waals surface area contributed by atoms with Crippen molar-refractivity contribution < 1.29 is 18.7 Å². The van der Waals surface area contributed by atoms with Gasteiger partial charge in [-0.05, 0) is 19.1 Å². The van der Waals surface area contributed by atoms with Crippen LogP contribution >= 0.6 is 0 Å². The first-order valence-corrected chi connectivity index (χ1v) is 7.78. The van der Waals surface area contributed by atoms with E-state index in [2.05, 4.69) is 10.2 Å². The van der Waals surface area contributed by atoms with Gasteiger partial charge in [0.05, 0.1) is 25.3 Å². The number of carbonyl (C=O) groups is 1. The van der Waals surface area contributed by atoms with E-state index < -0.39 is 5.82 Å². The van der Waals surface area contributed by atoms with Crippen LogP contribution < -0.4 is 4.74 Å². The topological polar surface area (TPSA) is 69.5 Å². The highest BCUT2D eigenvalue weighted by Gasteiger charge is 2.30. The lowest BCUT2D eigenvalue weighted by atomic mass is 10.1. The molecular weight excluding hydrogens is 315 g/mol. The Morgan fingerprint density at radius 3 is 3.04 bits per heavy atom. The van der Waals surface area contributed by atoms with Gasteiger partial charge in [0.1, 0.15) is 12.4 Å². The Hall–Kier alpha value is -2.48. The molecule has 0 bridgehead atoms. The minimum atomic E-state index is -0.541. The molecule has 0 saturated carbocycles. The van der Waals surface area contributed by atoms with Crippen LogP contribution in [0.15, 0.2) is 24.5 Å². The molecule has 1 aromatic carbocycles. The number of hydrogen-bond donors (Lipinski definition) is 0. The van der Waals surface area contributed by atoms with Gasteiger partial charge in [0.15, 0.2) is 17.4 Å². The van der Waals surface area contributed by atoms with Gasteiger partial charge in [-0.25, -0.2) is 4.39 Å². The summed E-state index contributed by atoms with van der Waals surface area (Å²) in [4.78, 5) is 14.5. The third kappa shape index (κ3) is 3.09. The monoisotopic (exact) mass is 334 g/mol. The molecule has 1 atom stereocenters. The molecule has 1 aliphatic rings. The molecule has 1 amide bonds. The molecule has 7 nitrogen and oxygen atoms in total. The molecular formula is C16H19FN4O3. The molecule has 1 saturated heterocycles. The van der Waals surface area contributed by atoms with Crippen molar-refractivity contribution in [3.8, 4) is 5.75 Å². The maximum absolute atomic E-state index is 14.0. The summed E-state index contributed by atoms with van der Waals surface area (Å²) < 4.78 is 26.7. The number of amides is 1. The van der Waals surface area contributed by atoms with Crippen molar-refractivity contribution in [1.82, 2.24) is 19.7 Å². The number of benzene rings is 1. The third-order valence-electron chi connectivity index (χ3n) is 3.87. The molecule has 128 valence electrons. The molecule has 0 spiro atoms. The molecule has 3 rings (SSSR count). The Morgan fingerprint density at radius 1 is 1.50 bits per heavy atom. The van der Waals surface area contributed by atoms with Crippen molar-refractivity contribution in [2.45, 2.75) is 13.0 Å². The van der Waals surface area contributed by atoms with E-state index in [0.717, 1.165) is 0 Å². The van der Waals surface area contributed by atoms with Crippen LogP contribution in [0.1, 0.15) is 29.2 Å². The summed E-state index contributed by atoms with van der Waals surface area (Å²) in [6.07, 6.45) is 1.22. The highest BCUT2D eigenvalue weighted by atomic mass is 19.1. The van der Waals surface area contributed by atoms with E-state index in [1.54, 1.807) is 28.8 Å². The Balaban J connectivity index is 1.83. The van der Waals surface area contributed by atoms with E-state index in [0.29, 0.717) is 25.5 Å². The maximum Gasteiger partial charge on any atom is 0.257 e. The fraction of sp³-hybridized carbons (Fsp3) is 0.438. The number of para-hydroxylation sites is 1. The lowest BCUT2D eigenvalue weighted by molar-refractivity contribution is -0.0282. The molecule has 0 aliphatic carbocycles. The number of ether oxygens (including phenoxy) is 2. The zero-order chi connectivity index (χ0) is 17.1. The number of carbonyl (C=O) groups excluding carboxylic acids is 1. The fourth-order valence-electron chi connectivity index (χ4n) is 2.71. The Bertz CT molecular complexity index is 734. The van der Waals surface area contributed by atoms with Crippen LogP contribution in [0, 0.1) is 5.82 Å². The van der Waals surface area contributed by atoms with Crippen molar-refractivity contribution in [3.05, 3.63) is 41.7 Å². The second kappa shape index (κ2) is 6.96. The van der Waals surface area contributed by atoms with E-state index in [1.165, 1.54) is 12.1 Å². The van der Waals surface area contributed by atoms with Crippen LogP contribution in [0.3, 0.4) is 0 Å². The van der Waals surface area contributed by atoms with E-state index in [4.69, 9.17) is 9.47 Å². The average Bonchev–Trinajstić information content (AvgIpc) is 3.02. The second-order valence-corrected chi connectivity index (χ2v) is 5.46. The van der Waals surface area contributed by atoms with E-state index in [9.17, 15) is 9.18 Å². The number of rotatable bonds is 4. The van der Waals surface area contributed by atoms with Gasteiger partial charge in [0.2, 0.25) is 0 Å². The van der Waals surface area contributed by atoms with Crippen molar-refractivity contribution in [3.63, 3.8) is 0 Å². The number of halogens is 1. The van der Waals surface area contributed by atoms with E-state index in [1.807, 2.05) is 7.05 Å². The zero-order valence-corrected chi connectivity index (χ0v) is 13.6. The summed E-state index contributed by atoms with van der Waals surface area (Å²) >= 11 is 0. The minimum Gasteiger partial charge on any atom is -0.490 e. The van der Waals surface area contributed by atoms with Crippen LogP contribution in [0.5, 0.6) is 5.75 Å². The lowest BCUT2D eigenvalue weighted by Gasteiger charge is -2.32. The SMILES string of the molecule is CCOc1c(F)cccc1C(=O)N1CCO[C@H](c2nncn2C)C1. The average molecular weight is 334 g/mol. The fourth-order valence-corrected chi connectivity index (χ4v) is 2.71. The lowest BCUT2D eigenvalue weighted by Crippen LogP contribution is -2.43. The van der Waals surface area contributed by atoms with Crippen LogP contribution in [0.2, 0.25) is 0 Å². The zero-order valence-electron chi connectivity index (χ0n) is 13.6. The summed E-state index contributed by atoms with van der Waals surface area (Å²) in [6, 6.07) is 4.36. The van der Waals surface area contributed by atoms with Gasteiger partial charge in [-0.15, -0.1) is 10.2 Å². The molecule has 2 aromatic rings. The molecule has 1 aliphatic heterocycles. The Kier molecular flexibility index (Phi) is 4.75. The standard InChI is InChI=1S/C16H19FN4O3/c1-3-23-14-11(5-4-6-12(14)17)16(22)21-7-8-24-13(9-21)15-19-18-10-20(15)2/h4-6,10,13H,3,7-9H2,1-2H3/t13-/m0/s1. The van der Waals surface area contributed by atoms with Crippen molar-refractivity contribution in [2.75, 3.05) is 26.3 Å². The first-order valence-electron chi connectivity index (χ1n) is 7.78. The molecule has 0 unspecified atom stereocenters. The summed E-state index contributed by atoms with van der Waals surface area (Å²) in [6.45, 7) is 3.16. The second-order valence-electron chi connectivity index (χ2n) is 5.46. The Morgan fingerprint density at radius 2 is 2.33 bits per heavy atom. The summed E-state index contributed by atoms with van der Waals surface area (Å²) in [5, 5.41) is 7.87. The normalized spacial score (nSPS) is 17.8. The van der Waals surface area contributed by atoms with Gasteiger partial charge >= 0.3 is 0 Å². The summed E-state index contributed by atoms with van der Waals surface area (Å²) in [5.74, 6) is -0.183. The smallest absolute Gasteiger partial charge is 0.257 e. The predicted octanol–water partition coefficient (Wildman–Crippen LogP) is 1.57. The predicted molar refractivity (Wildman–Crippen MR) is 83.2 cm³/mol. The number of hydrogen-bond acceptors (Lipinski definition) is 5. The van der Waals surface area contributed by atoms with Crippen LogP contribution in [0.25, 0.3) is 0 Å². The highest BCUT2D eigenvalue weighted by molar-refractivity contribution is 5.97. The first-order chi connectivity index (χ1) is 11.6. The van der Waals surface area contributed by atoms with Gasteiger partial charge in [0, 0.05) is 13.6 Å². The summed E-state index contributed by atoms with van der Waals surface area (Å²) in [7, 11) is 1.82. The number of morpholine rings is 1. The van der Waals surface area contributed by atoms with Gasteiger partial charge in [-0.1, -0.05) is 6.07 Å². The van der Waals surface area contributed by atoms with Crippen LogP contribution in [0.4, 0.5) is 4.39 Å². The van der Waals surface area contributed by atoms with Crippen molar-refractivity contribution >= 4 is 5.91 Å². The number of aromatic nitrogens is 3. The molecule has 8 heteroatoms. The molecule has 24 heavy (non-hydrogen) atoms. The molecule has 0 N–H and O–H groups in total. The maximum atomic E-state index is 14.0. The number of nitrogens with zero attached hydrogens (tertiary/aromatic N) is 4. The van der Waals surface area contributed by atoms with Crippen molar-refractivity contribution in [2.24, 2.45) is 7.05 Å². The summed E-state index contributed by atoms with van der Waals surface area (Å²) in [5.41, 5.74) is 0.218. The number of aryl methyl sites for hydroxylation is 1. The van der Waals surface area contributed by atoms with E-state index in [-0.39, 0.29) is 29.9 Å². The van der Waals surface area contributed by atoms with Crippen molar-refractivity contribution in [1.29, 1.82) is 0 Å². The molecule has 1 aromatic heterocycles. The molecule has 1 fully saturated rings. The minimum absolute atomic E-state index is 0.00769. The van der Waals surface area contributed by atoms with E-state index >= 15 is 0 Å². The van der Waals surface area contributed by atoms with Gasteiger partial charge in [-0.3, -0.25) is 4.79 Å². The van der Waals surface area contributed by atoms with Gasteiger partial charge in [0.25, 0.3) is 5.91 Å². The van der Waals surface area contributed by atoms with Gasteiger partial charge in [-0.2, -0.15) is 0 Å². The molecule has 0 radical (unpaired) electrons. The third-order valence-corrected chi connectivity index (χ3v) is 3.87. The Labute approximate surface area is 139 Å². The van der Waals surface area contributed by atoms with Crippen LogP contribution in [-0.4, -0.2) is 51.9 Å². The molecule has 2 heterocycles. The van der Waals surface area contributed by atoms with Crippen LogP contribution in [-0.2, 0) is 11.8 Å².